The van der Waals surface area contributed by atoms with Crippen molar-refractivity contribution in [1.82, 2.24) is 5.32 Å². The summed E-state index contributed by atoms with van der Waals surface area (Å²) in [4.78, 5) is 2.56. The lowest BCUT2D eigenvalue weighted by Gasteiger charge is -2.41. The minimum absolute atomic E-state index is 0.573. The van der Waals surface area contributed by atoms with E-state index in [0.717, 1.165) is 19.0 Å². The zero-order valence-corrected chi connectivity index (χ0v) is 13.6. The topological polar surface area (TPSA) is 15.3 Å². The molecule has 1 saturated heterocycles. The van der Waals surface area contributed by atoms with Crippen molar-refractivity contribution >= 4 is 28.3 Å². The van der Waals surface area contributed by atoms with Crippen LogP contribution in [0.4, 0.5) is 5.69 Å². The highest BCUT2D eigenvalue weighted by Crippen LogP contribution is 2.26. The van der Waals surface area contributed by atoms with Crippen LogP contribution >= 0.6 is 22.6 Å². The molecule has 0 amide bonds. The van der Waals surface area contributed by atoms with E-state index in [-0.39, 0.29) is 0 Å². The van der Waals surface area contributed by atoms with Crippen LogP contribution in [0.25, 0.3) is 0 Å². The molecule has 0 aliphatic carbocycles. The Morgan fingerprint density at radius 3 is 2.78 bits per heavy atom. The van der Waals surface area contributed by atoms with Crippen LogP contribution in [0.2, 0.25) is 0 Å². The molecule has 1 aromatic carbocycles. The van der Waals surface area contributed by atoms with E-state index in [4.69, 9.17) is 0 Å². The van der Waals surface area contributed by atoms with Crippen LogP contribution in [0.1, 0.15) is 27.2 Å². The largest absolute Gasteiger partial charge is 0.365 e. The van der Waals surface area contributed by atoms with Gasteiger partial charge in [-0.2, -0.15) is 0 Å². The van der Waals surface area contributed by atoms with Gasteiger partial charge in [-0.3, -0.25) is 0 Å². The third-order valence-corrected chi connectivity index (χ3v) is 4.48. The van der Waals surface area contributed by atoms with Crippen molar-refractivity contribution in [3.63, 3.8) is 0 Å². The smallest absolute Gasteiger partial charge is 0.0505 e. The first-order valence-corrected chi connectivity index (χ1v) is 7.90. The average molecular weight is 358 g/mol. The van der Waals surface area contributed by atoms with Gasteiger partial charge in [-0.1, -0.05) is 26.0 Å². The number of benzene rings is 1. The number of para-hydroxylation sites is 1. The number of nitrogens with one attached hydrogen (secondary N) is 1. The molecule has 1 heterocycles. The first-order chi connectivity index (χ1) is 8.58. The van der Waals surface area contributed by atoms with Crippen LogP contribution < -0.4 is 10.2 Å². The Morgan fingerprint density at radius 2 is 2.11 bits per heavy atom. The average Bonchev–Trinajstić information content (AvgIpc) is 2.32. The zero-order chi connectivity index (χ0) is 13.1. The van der Waals surface area contributed by atoms with Crippen LogP contribution in [-0.2, 0) is 0 Å². The van der Waals surface area contributed by atoms with E-state index in [1.807, 2.05) is 0 Å². The highest BCUT2D eigenvalue weighted by molar-refractivity contribution is 14.1. The van der Waals surface area contributed by atoms with Crippen molar-refractivity contribution in [2.45, 2.75) is 39.3 Å². The standard InChI is InChI=1S/C15H23IN2/c1-11(2)8-13-10-18(12(3)9-17-13)15-7-5-4-6-14(15)16/h4-7,11-13,17H,8-10H2,1-3H3. The SMILES string of the molecule is CC(C)CC1CN(c2ccccc2I)C(C)CN1. The van der Waals surface area contributed by atoms with Gasteiger partial charge in [-0.05, 0) is 54.0 Å². The van der Waals surface area contributed by atoms with E-state index in [0.29, 0.717) is 12.1 Å². The van der Waals surface area contributed by atoms with Crippen molar-refractivity contribution < 1.29 is 0 Å². The second kappa shape index (κ2) is 6.24. The van der Waals surface area contributed by atoms with E-state index in [2.05, 4.69) is 77.8 Å². The number of piperazine rings is 1. The number of hydrogen-bond donors (Lipinski definition) is 1. The summed E-state index contributed by atoms with van der Waals surface area (Å²) in [5, 5.41) is 3.68. The Morgan fingerprint density at radius 1 is 1.39 bits per heavy atom. The van der Waals surface area contributed by atoms with Crippen LogP contribution in [0.3, 0.4) is 0 Å². The van der Waals surface area contributed by atoms with E-state index in [9.17, 15) is 0 Å². The number of halogens is 1. The highest BCUT2D eigenvalue weighted by Gasteiger charge is 2.26. The monoisotopic (exact) mass is 358 g/mol. The molecule has 0 bridgehead atoms. The molecule has 0 spiro atoms. The zero-order valence-electron chi connectivity index (χ0n) is 11.5. The second-order valence-electron chi connectivity index (χ2n) is 5.69. The van der Waals surface area contributed by atoms with Crippen molar-refractivity contribution in [3.8, 4) is 0 Å². The Bertz CT molecular complexity index is 392. The molecule has 18 heavy (non-hydrogen) atoms. The van der Waals surface area contributed by atoms with Gasteiger partial charge >= 0.3 is 0 Å². The molecule has 100 valence electrons. The van der Waals surface area contributed by atoms with Gasteiger partial charge in [0.15, 0.2) is 0 Å². The number of rotatable bonds is 3. The van der Waals surface area contributed by atoms with E-state index >= 15 is 0 Å². The lowest BCUT2D eigenvalue weighted by molar-refractivity contribution is 0.355. The maximum Gasteiger partial charge on any atom is 0.0505 e. The first kappa shape index (κ1) is 14.1. The molecule has 1 aliphatic heterocycles. The summed E-state index contributed by atoms with van der Waals surface area (Å²) >= 11 is 2.44. The summed E-state index contributed by atoms with van der Waals surface area (Å²) < 4.78 is 1.35. The third kappa shape index (κ3) is 3.38. The van der Waals surface area contributed by atoms with Crippen molar-refractivity contribution in [2.24, 2.45) is 5.92 Å². The molecule has 0 aromatic heterocycles. The molecule has 2 rings (SSSR count). The Hall–Kier alpha value is -0.290. The maximum atomic E-state index is 3.68. The van der Waals surface area contributed by atoms with Crippen molar-refractivity contribution in [1.29, 1.82) is 0 Å². The maximum absolute atomic E-state index is 3.68. The normalized spacial score (nSPS) is 24.6. The summed E-state index contributed by atoms with van der Waals surface area (Å²) in [5.41, 5.74) is 1.39. The lowest BCUT2D eigenvalue weighted by atomic mass is 9.99. The third-order valence-electron chi connectivity index (χ3n) is 3.57. The predicted molar refractivity (Wildman–Crippen MR) is 87.2 cm³/mol. The molecule has 2 unspecified atom stereocenters. The molecule has 1 aliphatic rings. The first-order valence-electron chi connectivity index (χ1n) is 6.82. The van der Waals surface area contributed by atoms with Gasteiger partial charge in [0.05, 0.1) is 5.69 Å². The van der Waals surface area contributed by atoms with Gasteiger partial charge in [-0.25, -0.2) is 0 Å². The molecule has 2 atom stereocenters. The van der Waals surface area contributed by atoms with Crippen LogP contribution in [-0.4, -0.2) is 25.2 Å². The quantitative estimate of drug-likeness (QED) is 0.832. The number of nitrogens with zero attached hydrogens (tertiary/aromatic N) is 1. The number of hydrogen-bond acceptors (Lipinski definition) is 2. The van der Waals surface area contributed by atoms with E-state index in [1.54, 1.807) is 0 Å². The predicted octanol–water partition coefficient (Wildman–Crippen LogP) is 3.50. The van der Waals surface area contributed by atoms with Crippen molar-refractivity contribution in [2.75, 3.05) is 18.0 Å². The number of anilines is 1. The fraction of sp³-hybridized carbons (Fsp3) is 0.600. The minimum atomic E-state index is 0.573. The molecular weight excluding hydrogens is 335 g/mol. The molecule has 1 N–H and O–H groups in total. The van der Waals surface area contributed by atoms with Crippen LogP contribution in [0, 0.1) is 9.49 Å². The fourth-order valence-electron chi connectivity index (χ4n) is 2.68. The van der Waals surface area contributed by atoms with Gasteiger partial charge in [-0.15, -0.1) is 0 Å². The molecule has 2 nitrogen and oxygen atoms in total. The Balaban J connectivity index is 2.13. The van der Waals surface area contributed by atoms with Crippen molar-refractivity contribution in [3.05, 3.63) is 27.8 Å². The molecular formula is C15H23IN2. The fourth-order valence-corrected chi connectivity index (χ4v) is 3.37. The summed E-state index contributed by atoms with van der Waals surface area (Å²) in [6.07, 6.45) is 1.26. The summed E-state index contributed by atoms with van der Waals surface area (Å²) in [5.74, 6) is 0.757. The van der Waals surface area contributed by atoms with E-state index in [1.165, 1.54) is 15.7 Å². The van der Waals surface area contributed by atoms with E-state index < -0.39 is 0 Å². The molecule has 0 saturated carbocycles. The van der Waals surface area contributed by atoms with Crippen LogP contribution in [0.15, 0.2) is 24.3 Å². The molecule has 0 radical (unpaired) electrons. The molecule has 1 fully saturated rings. The summed E-state index contributed by atoms with van der Waals surface area (Å²) in [6.45, 7) is 9.12. The van der Waals surface area contributed by atoms with Gasteiger partial charge in [0, 0.05) is 28.7 Å². The highest BCUT2D eigenvalue weighted by atomic mass is 127. The van der Waals surface area contributed by atoms with Gasteiger partial charge in [0.1, 0.15) is 0 Å². The van der Waals surface area contributed by atoms with Crippen LogP contribution in [0.5, 0.6) is 0 Å². The molecule has 3 heteroatoms. The summed E-state index contributed by atoms with van der Waals surface area (Å²) in [7, 11) is 0. The minimum Gasteiger partial charge on any atom is -0.365 e. The van der Waals surface area contributed by atoms with Gasteiger partial charge < -0.3 is 10.2 Å². The Kier molecular flexibility index (Phi) is 4.90. The summed E-state index contributed by atoms with van der Waals surface area (Å²) in [6, 6.07) is 9.90. The van der Waals surface area contributed by atoms with Gasteiger partial charge in [0.25, 0.3) is 0 Å². The Labute approximate surface area is 124 Å². The lowest BCUT2D eigenvalue weighted by Crippen LogP contribution is -2.56. The second-order valence-corrected chi connectivity index (χ2v) is 6.85. The van der Waals surface area contributed by atoms with Gasteiger partial charge in [0.2, 0.25) is 0 Å². The molecule has 1 aromatic rings.